The monoisotopic (exact) mass is 220 g/mol. The molecule has 14 heavy (non-hydrogen) atoms. The highest BCUT2D eigenvalue weighted by Gasteiger charge is 2.51. The first-order chi connectivity index (χ1) is 6.53. The van der Waals surface area contributed by atoms with E-state index in [-0.39, 0.29) is 24.1 Å². The van der Waals surface area contributed by atoms with Crippen LogP contribution in [0.2, 0.25) is 0 Å². The molecule has 0 aliphatic carbocycles. The summed E-state index contributed by atoms with van der Waals surface area (Å²) in [6.07, 6.45) is -0.745. The van der Waals surface area contributed by atoms with Gasteiger partial charge in [0.15, 0.2) is 5.79 Å². The van der Waals surface area contributed by atoms with Crippen LogP contribution >= 0.6 is 11.8 Å². The van der Waals surface area contributed by atoms with Gasteiger partial charge in [-0.05, 0) is 13.8 Å². The number of rotatable bonds is 2. The minimum atomic E-state index is -0.715. The van der Waals surface area contributed by atoms with Crippen molar-refractivity contribution in [3.8, 4) is 0 Å². The zero-order valence-corrected chi connectivity index (χ0v) is 9.16. The molecule has 2 aliphatic heterocycles. The van der Waals surface area contributed by atoms with Gasteiger partial charge in [0.25, 0.3) is 0 Å². The third-order valence-electron chi connectivity index (χ3n) is 2.56. The number of thioether (sulfide) groups is 1. The van der Waals surface area contributed by atoms with Crippen LogP contribution < -0.4 is 0 Å². The van der Waals surface area contributed by atoms with Crippen molar-refractivity contribution >= 4 is 11.8 Å². The van der Waals surface area contributed by atoms with Gasteiger partial charge in [-0.3, -0.25) is 0 Å². The van der Waals surface area contributed by atoms with Gasteiger partial charge >= 0.3 is 0 Å². The van der Waals surface area contributed by atoms with E-state index in [2.05, 4.69) is 0 Å². The van der Waals surface area contributed by atoms with Gasteiger partial charge in [-0.2, -0.15) is 11.8 Å². The smallest absolute Gasteiger partial charge is 0.163 e. The van der Waals surface area contributed by atoms with Gasteiger partial charge in [-0.25, -0.2) is 0 Å². The lowest BCUT2D eigenvalue weighted by Gasteiger charge is -2.23. The van der Waals surface area contributed by atoms with Gasteiger partial charge in [0.2, 0.25) is 0 Å². The van der Waals surface area contributed by atoms with Crippen LogP contribution in [0.15, 0.2) is 0 Å². The SMILES string of the molecule is CC1(C)OC2CSC([C@@H](O)CO)C2O1. The molecule has 0 radical (unpaired) electrons. The minimum absolute atomic E-state index is 0.0567. The van der Waals surface area contributed by atoms with Crippen LogP contribution in [0, 0.1) is 0 Å². The van der Waals surface area contributed by atoms with Crippen LogP contribution in [0.4, 0.5) is 0 Å². The number of hydrogen-bond acceptors (Lipinski definition) is 5. The van der Waals surface area contributed by atoms with Gasteiger partial charge in [-0.1, -0.05) is 0 Å². The molecule has 2 heterocycles. The molecule has 0 aromatic carbocycles. The van der Waals surface area contributed by atoms with Crippen LogP contribution in [0.5, 0.6) is 0 Å². The van der Waals surface area contributed by atoms with E-state index in [0.717, 1.165) is 5.75 Å². The normalized spacial score (nSPS) is 42.4. The van der Waals surface area contributed by atoms with Crippen LogP contribution in [0.1, 0.15) is 13.8 Å². The van der Waals surface area contributed by atoms with Crippen molar-refractivity contribution in [1.82, 2.24) is 0 Å². The lowest BCUT2D eigenvalue weighted by Crippen LogP contribution is -2.38. The molecule has 0 bridgehead atoms. The average molecular weight is 220 g/mol. The standard InChI is InChI=1S/C9H16O4S/c1-9(2)12-6-4-14-8(5(11)3-10)7(6)13-9/h5-8,10-11H,3-4H2,1-2H3/t5-,6?,7?,8?/m0/s1. The van der Waals surface area contributed by atoms with Crippen molar-refractivity contribution in [2.24, 2.45) is 0 Å². The number of ether oxygens (including phenoxy) is 2. The summed E-state index contributed by atoms with van der Waals surface area (Å²) in [5.41, 5.74) is 0. The molecule has 0 saturated carbocycles. The van der Waals surface area contributed by atoms with Crippen molar-refractivity contribution < 1.29 is 19.7 Å². The number of hydrogen-bond donors (Lipinski definition) is 2. The molecule has 3 unspecified atom stereocenters. The third-order valence-corrected chi connectivity index (χ3v) is 4.05. The van der Waals surface area contributed by atoms with Crippen LogP contribution in [0.3, 0.4) is 0 Å². The topological polar surface area (TPSA) is 58.9 Å². The van der Waals surface area contributed by atoms with Gasteiger partial charge in [0.1, 0.15) is 6.10 Å². The number of aliphatic hydroxyl groups excluding tert-OH is 2. The minimum Gasteiger partial charge on any atom is -0.394 e. The number of fused-ring (bicyclic) bond motifs is 1. The second kappa shape index (κ2) is 3.64. The molecular weight excluding hydrogens is 204 g/mol. The summed E-state index contributed by atoms with van der Waals surface area (Å²) < 4.78 is 11.4. The van der Waals surface area contributed by atoms with E-state index in [4.69, 9.17) is 14.6 Å². The molecule has 2 saturated heterocycles. The van der Waals surface area contributed by atoms with Crippen LogP contribution in [-0.2, 0) is 9.47 Å². The Morgan fingerprint density at radius 1 is 1.50 bits per heavy atom. The van der Waals surface area contributed by atoms with Gasteiger partial charge < -0.3 is 19.7 Å². The maximum atomic E-state index is 9.57. The molecule has 2 aliphatic rings. The Balaban J connectivity index is 2.04. The van der Waals surface area contributed by atoms with Gasteiger partial charge in [-0.15, -0.1) is 0 Å². The van der Waals surface area contributed by atoms with E-state index in [9.17, 15) is 5.11 Å². The molecule has 0 amide bonds. The molecule has 2 rings (SSSR count). The molecule has 2 N–H and O–H groups in total. The van der Waals surface area contributed by atoms with E-state index in [1.165, 1.54) is 0 Å². The Morgan fingerprint density at radius 2 is 2.21 bits per heavy atom. The molecule has 0 aromatic rings. The fourth-order valence-electron chi connectivity index (χ4n) is 2.01. The predicted molar refractivity (Wildman–Crippen MR) is 53.2 cm³/mol. The molecule has 0 aromatic heterocycles. The molecule has 5 heteroatoms. The van der Waals surface area contributed by atoms with E-state index in [1.807, 2.05) is 13.8 Å². The fourth-order valence-corrected chi connectivity index (χ4v) is 3.40. The molecule has 82 valence electrons. The predicted octanol–water partition coefficient (Wildman–Crippen LogP) is -0.0249. The molecule has 4 nitrogen and oxygen atoms in total. The van der Waals surface area contributed by atoms with Crippen molar-refractivity contribution in [1.29, 1.82) is 0 Å². The lowest BCUT2D eigenvalue weighted by molar-refractivity contribution is -0.147. The van der Waals surface area contributed by atoms with Gasteiger partial charge in [0, 0.05) is 5.75 Å². The Morgan fingerprint density at radius 3 is 2.86 bits per heavy atom. The average Bonchev–Trinajstić information content (AvgIpc) is 2.58. The quantitative estimate of drug-likeness (QED) is 0.684. The number of aliphatic hydroxyl groups is 2. The second-order valence-electron chi connectivity index (χ2n) is 4.19. The van der Waals surface area contributed by atoms with Crippen LogP contribution in [-0.4, -0.2) is 51.9 Å². The van der Waals surface area contributed by atoms with Crippen molar-refractivity contribution in [3.05, 3.63) is 0 Å². The van der Waals surface area contributed by atoms with E-state index in [0.29, 0.717) is 0 Å². The largest absolute Gasteiger partial charge is 0.394 e. The van der Waals surface area contributed by atoms with E-state index < -0.39 is 11.9 Å². The highest BCUT2D eigenvalue weighted by atomic mass is 32.2. The van der Waals surface area contributed by atoms with Gasteiger partial charge in [0.05, 0.1) is 24.1 Å². The summed E-state index contributed by atoms with van der Waals surface area (Å²) in [6, 6.07) is 0. The zero-order valence-electron chi connectivity index (χ0n) is 8.34. The fraction of sp³-hybridized carbons (Fsp3) is 1.00. The first-order valence-corrected chi connectivity index (χ1v) is 5.84. The lowest BCUT2D eigenvalue weighted by atomic mass is 10.1. The summed E-state index contributed by atoms with van der Waals surface area (Å²) in [6.45, 7) is 3.53. The highest BCUT2D eigenvalue weighted by molar-refractivity contribution is 8.00. The first kappa shape index (κ1) is 10.7. The molecule has 4 atom stereocenters. The van der Waals surface area contributed by atoms with E-state index in [1.54, 1.807) is 11.8 Å². The summed E-state index contributed by atoms with van der Waals surface area (Å²) in [5.74, 6) is 0.277. The Kier molecular flexibility index (Phi) is 2.79. The molecular formula is C9H16O4S. The summed E-state index contributed by atoms with van der Waals surface area (Å²) in [4.78, 5) is 0. The summed E-state index contributed by atoms with van der Waals surface area (Å²) >= 11 is 1.61. The maximum Gasteiger partial charge on any atom is 0.163 e. The van der Waals surface area contributed by atoms with Crippen molar-refractivity contribution in [2.75, 3.05) is 12.4 Å². The van der Waals surface area contributed by atoms with E-state index >= 15 is 0 Å². The van der Waals surface area contributed by atoms with Crippen LogP contribution in [0.25, 0.3) is 0 Å². The Labute approximate surface area is 87.6 Å². The Bertz CT molecular complexity index is 221. The highest BCUT2D eigenvalue weighted by Crippen LogP contribution is 2.42. The summed E-state index contributed by atoms with van der Waals surface area (Å²) in [7, 11) is 0. The Hall–Kier alpha value is 0.190. The zero-order chi connectivity index (χ0) is 10.3. The first-order valence-electron chi connectivity index (χ1n) is 4.79. The second-order valence-corrected chi connectivity index (χ2v) is 5.40. The van der Waals surface area contributed by atoms with Crippen molar-refractivity contribution in [2.45, 2.75) is 43.2 Å². The maximum absolute atomic E-state index is 9.57. The summed E-state index contributed by atoms with van der Waals surface area (Å²) in [5, 5.41) is 18.4. The molecule has 0 spiro atoms. The molecule has 2 fully saturated rings. The third kappa shape index (κ3) is 1.79. The van der Waals surface area contributed by atoms with Crippen molar-refractivity contribution in [3.63, 3.8) is 0 Å².